The molecule has 0 aliphatic carbocycles. The molecule has 0 fully saturated rings. The minimum Gasteiger partial charge on any atom is -0.383 e. The third-order valence-electron chi connectivity index (χ3n) is 2.84. The average Bonchev–Trinajstić information content (AvgIpc) is 2.39. The van der Waals surface area contributed by atoms with Gasteiger partial charge < -0.3 is 10.6 Å². The Balaban J connectivity index is 2.56. The zero-order valence-corrected chi connectivity index (χ0v) is 12.4. The van der Waals surface area contributed by atoms with Crippen molar-refractivity contribution >= 4 is 22.4 Å². The number of amides is 1. The lowest BCUT2D eigenvalue weighted by molar-refractivity contribution is 0.0954. The van der Waals surface area contributed by atoms with Crippen LogP contribution in [0.4, 0.5) is 5.69 Å². The van der Waals surface area contributed by atoms with Crippen LogP contribution in [0, 0.1) is 0 Å². The van der Waals surface area contributed by atoms with Gasteiger partial charge in [-0.2, -0.15) is 0 Å². The van der Waals surface area contributed by atoms with Crippen molar-refractivity contribution in [3.8, 4) is 0 Å². The van der Waals surface area contributed by atoms with Crippen molar-refractivity contribution in [2.75, 3.05) is 24.7 Å². The molecule has 2 unspecified atom stereocenters. The Bertz CT molecular complexity index is 451. The average molecular weight is 283 g/mol. The van der Waals surface area contributed by atoms with E-state index < -0.39 is 10.8 Å². The van der Waals surface area contributed by atoms with Crippen LogP contribution in [-0.4, -0.2) is 39.7 Å². The van der Waals surface area contributed by atoms with Gasteiger partial charge in [0.15, 0.2) is 0 Å². The molecule has 0 aromatic carbocycles. The van der Waals surface area contributed by atoms with Crippen LogP contribution < -0.4 is 10.6 Å². The second-order valence-corrected chi connectivity index (χ2v) is 6.11. The monoisotopic (exact) mass is 283 g/mol. The van der Waals surface area contributed by atoms with Gasteiger partial charge in [0, 0.05) is 41.6 Å². The highest BCUT2D eigenvalue weighted by molar-refractivity contribution is 7.84. The SMILES string of the molecule is CCNc1cnccc1C(=O)NCCC(C)S(C)=O. The van der Waals surface area contributed by atoms with Gasteiger partial charge in [-0.05, 0) is 19.4 Å². The fourth-order valence-corrected chi connectivity index (χ4v) is 2.02. The summed E-state index contributed by atoms with van der Waals surface area (Å²) in [6.45, 7) is 5.14. The normalized spacial score (nSPS) is 13.6. The maximum Gasteiger partial charge on any atom is 0.253 e. The summed E-state index contributed by atoms with van der Waals surface area (Å²) in [5.41, 5.74) is 1.32. The summed E-state index contributed by atoms with van der Waals surface area (Å²) in [4.78, 5) is 16.0. The molecule has 1 amide bonds. The van der Waals surface area contributed by atoms with Gasteiger partial charge in [-0.15, -0.1) is 0 Å². The standard InChI is InChI=1S/C13H21N3O2S/c1-4-15-12-9-14-7-6-11(12)13(17)16-8-5-10(2)19(3)18/h6-7,9-10,15H,4-5,8H2,1-3H3,(H,16,17). The van der Waals surface area contributed by atoms with E-state index >= 15 is 0 Å². The Morgan fingerprint density at radius 3 is 2.89 bits per heavy atom. The summed E-state index contributed by atoms with van der Waals surface area (Å²) >= 11 is 0. The largest absolute Gasteiger partial charge is 0.383 e. The van der Waals surface area contributed by atoms with E-state index in [-0.39, 0.29) is 11.2 Å². The lowest BCUT2D eigenvalue weighted by Gasteiger charge is -2.12. The number of nitrogens with one attached hydrogen (secondary N) is 2. The zero-order valence-electron chi connectivity index (χ0n) is 11.6. The molecule has 0 aliphatic rings. The quantitative estimate of drug-likeness (QED) is 0.793. The van der Waals surface area contributed by atoms with Crippen LogP contribution in [0.15, 0.2) is 18.5 Å². The summed E-state index contributed by atoms with van der Waals surface area (Å²) in [7, 11) is -0.851. The number of nitrogens with zero attached hydrogens (tertiary/aromatic N) is 1. The van der Waals surface area contributed by atoms with Gasteiger partial charge in [0.2, 0.25) is 0 Å². The topological polar surface area (TPSA) is 71.1 Å². The zero-order chi connectivity index (χ0) is 14.3. The fourth-order valence-electron chi connectivity index (χ4n) is 1.57. The number of hydrogen-bond acceptors (Lipinski definition) is 4. The highest BCUT2D eigenvalue weighted by Crippen LogP contribution is 2.12. The summed E-state index contributed by atoms with van der Waals surface area (Å²) in [6, 6.07) is 1.69. The molecule has 1 rings (SSSR count). The third-order valence-corrected chi connectivity index (χ3v) is 4.20. The van der Waals surface area contributed by atoms with Crippen molar-refractivity contribution in [2.24, 2.45) is 0 Å². The molecule has 0 aliphatic heterocycles. The summed E-state index contributed by atoms with van der Waals surface area (Å²) in [5, 5.41) is 6.03. The fraction of sp³-hybridized carbons (Fsp3) is 0.538. The first-order chi connectivity index (χ1) is 9.06. The first-order valence-electron chi connectivity index (χ1n) is 6.34. The summed E-state index contributed by atoms with van der Waals surface area (Å²) in [5.74, 6) is -0.132. The van der Waals surface area contributed by atoms with E-state index in [1.165, 1.54) is 0 Å². The predicted molar refractivity (Wildman–Crippen MR) is 78.9 cm³/mol. The first-order valence-corrected chi connectivity index (χ1v) is 7.96. The Hall–Kier alpha value is -1.43. The van der Waals surface area contributed by atoms with E-state index in [1.807, 2.05) is 13.8 Å². The number of pyridine rings is 1. The van der Waals surface area contributed by atoms with E-state index in [2.05, 4.69) is 15.6 Å². The molecule has 0 spiro atoms. The molecule has 106 valence electrons. The molecule has 1 heterocycles. The van der Waals surface area contributed by atoms with Crippen LogP contribution in [0.25, 0.3) is 0 Å². The number of carbonyl (C=O) groups is 1. The van der Waals surface area contributed by atoms with E-state index in [1.54, 1.807) is 24.7 Å². The summed E-state index contributed by atoms with van der Waals surface area (Å²) < 4.78 is 11.2. The molecule has 0 saturated heterocycles. The Kier molecular flexibility index (Phi) is 6.49. The highest BCUT2D eigenvalue weighted by Gasteiger charge is 2.11. The molecule has 6 heteroatoms. The molecule has 0 bridgehead atoms. The van der Waals surface area contributed by atoms with E-state index in [0.717, 1.165) is 12.2 Å². The van der Waals surface area contributed by atoms with Crippen LogP contribution in [0.3, 0.4) is 0 Å². The second-order valence-electron chi connectivity index (χ2n) is 4.31. The molecule has 1 aromatic rings. The van der Waals surface area contributed by atoms with Crippen molar-refractivity contribution in [3.63, 3.8) is 0 Å². The Labute approximate surface area is 116 Å². The summed E-state index contributed by atoms with van der Waals surface area (Å²) in [6.07, 6.45) is 5.62. The third kappa shape index (κ3) is 4.98. The number of aromatic nitrogens is 1. The Morgan fingerprint density at radius 2 is 2.26 bits per heavy atom. The number of anilines is 1. The van der Waals surface area contributed by atoms with Crippen molar-refractivity contribution in [1.82, 2.24) is 10.3 Å². The molecule has 5 nitrogen and oxygen atoms in total. The predicted octanol–water partition coefficient (Wildman–Crippen LogP) is 1.40. The number of rotatable bonds is 7. The highest BCUT2D eigenvalue weighted by atomic mass is 32.2. The second kappa shape index (κ2) is 7.89. The van der Waals surface area contributed by atoms with Crippen LogP contribution in [0.2, 0.25) is 0 Å². The molecule has 1 aromatic heterocycles. The maximum absolute atomic E-state index is 12.0. The van der Waals surface area contributed by atoms with Gasteiger partial charge in [-0.25, -0.2) is 0 Å². The molecule has 19 heavy (non-hydrogen) atoms. The number of hydrogen-bond donors (Lipinski definition) is 2. The molecule has 2 N–H and O–H groups in total. The van der Waals surface area contributed by atoms with Gasteiger partial charge in [-0.3, -0.25) is 14.0 Å². The van der Waals surface area contributed by atoms with Crippen molar-refractivity contribution in [1.29, 1.82) is 0 Å². The minimum absolute atomic E-state index is 0.0889. The molecular formula is C13H21N3O2S. The van der Waals surface area contributed by atoms with E-state index in [9.17, 15) is 9.00 Å². The van der Waals surface area contributed by atoms with E-state index in [0.29, 0.717) is 18.5 Å². The molecule has 0 saturated carbocycles. The lowest BCUT2D eigenvalue weighted by atomic mass is 10.2. The van der Waals surface area contributed by atoms with Crippen molar-refractivity contribution < 1.29 is 9.00 Å². The number of carbonyl (C=O) groups excluding carboxylic acids is 1. The van der Waals surface area contributed by atoms with Crippen LogP contribution >= 0.6 is 0 Å². The molecule has 0 radical (unpaired) electrons. The van der Waals surface area contributed by atoms with Crippen LogP contribution in [-0.2, 0) is 10.8 Å². The van der Waals surface area contributed by atoms with E-state index in [4.69, 9.17) is 0 Å². The molecular weight excluding hydrogens is 262 g/mol. The lowest BCUT2D eigenvalue weighted by Crippen LogP contribution is -2.28. The minimum atomic E-state index is -0.851. The van der Waals surface area contributed by atoms with Gasteiger partial charge in [0.25, 0.3) is 5.91 Å². The van der Waals surface area contributed by atoms with Gasteiger partial charge >= 0.3 is 0 Å². The van der Waals surface area contributed by atoms with Crippen molar-refractivity contribution in [3.05, 3.63) is 24.0 Å². The van der Waals surface area contributed by atoms with Crippen molar-refractivity contribution in [2.45, 2.75) is 25.5 Å². The van der Waals surface area contributed by atoms with Gasteiger partial charge in [-0.1, -0.05) is 6.92 Å². The smallest absolute Gasteiger partial charge is 0.253 e. The first kappa shape index (κ1) is 15.6. The van der Waals surface area contributed by atoms with Gasteiger partial charge in [0.05, 0.1) is 17.4 Å². The van der Waals surface area contributed by atoms with Gasteiger partial charge in [0.1, 0.15) is 0 Å². The Morgan fingerprint density at radius 1 is 1.53 bits per heavy atom. The molecule has 2 atom stereocenters. The van der Waals surface area contributed by atoms with Crippen LogP contribution in [0.1, 0.15) is 30.6 Å². The maximum atomic E-state index is 12.0. The van der Waals surface area contributed by atoms with Crippen LogP contribution in [0.5, 0.6) is 0 Å².